The summed E-state index contributed by atoms with van der Waals surface area (Å²) in [6.45, 7) is 5.51. The summed E-state index contributed by atoms with van der Waals surface area (Å²) in [4.78, 5) is 12.1. The lowest BCUT2D eigenvalue weighted by Crippen LogP contribution is -2.32. The number of methoxy groups -OCH3 is 1. The van der Waals surface area contributed by atoms with Crippen LogP contribution in [0.1, 0.15) is 18.2 Å². The van der Waals surface area contributed by atoms with Gasteiger partial charge in [0.05, 0.1) is 12.8 Å². The molecule has 0 radical (unpaired) electrons. The van der Waals surface area contributed by atoms with Crippen LogP contribution in [0.5, 0.6) is 5.75 Å². The Labute approximate surface area is 123 Å². The van der Waals surface area contributed by atoms with Crippen molar-refractivity contribution in [2.45, 2.75) is 26.8 Å². The molecule has 0 unspecified atom stereocenters. The van der Waals surface area contributed by atoms with E-state index in [0.29, 0.717) is 17.3 Å². The zero-order chi connectivity index (χ0) is 15.4. The molecule has 1 heterocycles. The van der Waals surface area contributed by atoms with Crippen LogP contribution in [-0.2, 0) is 4.79 Å². The molecule has 2 aromatic rings. The van der Waals surface area contributed by atoms with Crippen molar-refractivity contribution < 1.29 is 14.1 Å². The van der Waals surface area contributed by atoms with Gasteiger partial charge < -0.3 is 19.9 Å². The van der Waals surface area contributed by atoms with Crippen molar-refractivity contribution in [2.24, 2.45) is 0 Å². The molecule has 6 nitrogen and oxygen atoms in total. The molecule has 2 rings (SSSR count). The van der Waals surface area contributed by atoms with Crippen LogP contribution in [0.4, 0.5) is 11.5 Å². The number of aromatic nitrogens is 1. The second-order valence-corrected chi connectivity index (χ2v) is 4.88. The molecule has 0 fully saturated rings. The maximum absolute atomic E-state index is 12.1. The van der Waals surface area contributed by atoms with Gasteiger partial charge in [0.15, 0.2) is 5.82 Å². The molecule has 0 saturated heterocycles. The van der Waals surface area contributed by atoms with E-state index in [-0.39, 0.29) is 5.91 Å². The largest absolute Gasteiger partial charge is 0.495 e. The Morgan fingerprint density at radius 2 is 2.10 bits per heavy atom. The third-order valence-electron chi connectivity index (χ3n) is 3.00. The maximum Gasteiger partial charge on any atom is 0.247 e. The first-order chi connectivity index (χ1) is 9.99. The van der Waals surface area contributed by atoms with E-state index < -0.39 is 6.04 Å². The number of nitrogens with zero attached hydrogens (tertiary/aromatic N) is 1. The molecule has 0 aliphatic rings. The minimum Gasteiger partial charge on any atom is -0.495 e. The number of carbonyl (C=O) groups is 1. The zero-order valence-corrected chi connectivity index (χ0v) is 12.6. The van der Waals surface area contributed by atoms with E-state index in [4.69, 9.17) is 9.26 Å². The summed E-state index contributed by atoms with van der Waals surface area (Å²) >= 11 is 0. The SMILES string of the molecule is COc1ccc(C)cc1N[C@@H](C)C(=O)Nc1cc(C)on1. The number of amides is 1. The number of hydrogen-bond acceptors (Lipinski definition) is 5. The summed E-state index contributed by atoms with van der Waals surface area (Å²) in [5.74, 6) is 1.54. The molecule has 0 bridgehead atoms. The van der Waals surface area contributed by atoms with E-state index in [1.54, 1.807) is 27.0 Å². The number of nitrogens with one attached hydrogen (secondary N) is 2. The van der Waals surface area contributed by atoms with E-state index in [0.717, 1.165) is 11.3 Å². The van der Waals surface area contributed by atoms with Gasteiger partial charge in [0.1, 0.15) is 17.6 Å². The Morgan fingerprint density at radius 3 is 2.71 bits per heavy atom. The Bertz CT molecular complexity index is 637. The standard InChI is InChI=1S/C15H19N3O3/c1-9-5-6-13(20-4)12(7-9)16-11(3)15(19)17-14-8-10(2)21-18-14/h5-8,11,16H,1-4H3,(H,17,18,19)/t11-/m0/s1. The number of benzene rings is 1. The van der Waals surface area contributed by atoms with Gasteiger partial charge in [0.25, 0.3) is 0 Å². The average molecular weight is 289 g/mol. The lowest BCUT2D eigenvalue weighted by Gasteiger charge is -2.17. The quantitative estimate of drug-likeness (QED) is 0.885. The first kappa shape index (κ1) is 14.9. The minimum atomic E-state index is -0.447. The molecular weight excluding hydrogens is 270 g/mol. The second-order valence-electron chi connectivity index (χ2n) is 4.88. The molecule has 2 N–H and O–H groups in total. The Kier molecular flexibility index (Phi) is 4.47. The fourth-order valence-electron chi connectivity index (χ4n) is 1.89. The molecular formula is C15H19N3O3. The van der Waals surface area contributed by atoms with Gasteiger partial charge in [-0.3, -0.25) is 4.79 Å². The van der Waals surface area contributed by atoms with Gasteiger partial charge in [-0.25, -0.2) is 0 Å². The van der Waals surface area contributed by atoms with Crippen molar-refractivity contribution in [2.75, 3.05) is 17.7 Å². The van der Waals surface area contributed by atoms with Gasteiger partial charge in [-0.1, -0.05) is 11.2 Å². The number of ether oxygens (including phenoxy) is 1. The number of aryl methyl sites for hydroxylation is 2. The molecule has 1 aromatic heterocycles. The topological polar surface area (TPSA) is 76.4 Å². The number of carbonyl (C=O) groups excluding carboxylic acids is 1. The first-order valence-corrected chi connectivity index (χ1v) is 6.65. The second kappa shape index (κ2) is 6.30. The highest BCUT2D eigenvalue weighted by Crippen LogP contribution is 2.26. The molecule has 0 aliphatic carbocycles. The lowest BCUT2D eigenvalue weighted by molar-refractivity contribution is -0.116. The summed E-state index contributed by atoms with van der Waals surface area (Å²) in [7, 11) is 1.60. The lowest BCUT2D eigenvalue weighted by atomic mass is 10.2. The van der Waals surface area contributed by atoms with Gasteiger partial charge in [-0.2, -0.15) is 0 Å². The van der Waals surface area contributed by atoms with E-state index >= 15 is 0 Å². The van der Waals surface area contributed by atoms with Gasteiger partial charge in [-0.05, 0) is 38.5 Å². The Hall–Kier alpha value is -2.50. The predicted octanol–water partition coefficient (Wildman–Crippen LogP) is 2.74. The minimum absolute atomic E-state index is 0.202. The summed E-state index contributed by atoms with van der Waals surface area (Å²) in [5.41, 5.74) is 1.86. The van der Waals surface area contributed by atoms with Crippen molar-refractivity contribution in [1.82, 2.24) is 5.16 Å². The summed E-state index contributed by atoms with van der Waals surface area (Å²) in [6.07, 6.45) is 0. The molecule has 1 atom stereocenters. The fraction of sp³-hybridized carbons (Fsp3) is 0.333. The van der Waals surface area contributed by atoms with Gasteiger partial charge in [0, 0.05) is 6.07 Å². The van der Waals surface area contributed by atoms with Gasteiger partial charge in [0.2, 0.25) is 5.91 Å². The normalized spacial score (nSPS) is 11.8. The van der Waals surface area contributed by atoms with E-state index in [9.17, 15) is 4.79 Å². The van der Waals surface area contributed by atoms with Crippen molar-refractivity contribution in [1.29, 1.82) is 0 Å². The fourth-order valence-corrected chi connectivity index (χ4v) is 1.89. The first-order valence-electron chi connectivity index (χ1n) is 6.65. The van der Waals surface area contributed by atoms with Crippen LogP contribution in [0.3, 0.4) is 0 Å². The molecule has 21 heavy (non-hydrogen) atoms. The third kappa shape index (κ3) is 3.75. The van der Waals surface area contributed by atoms with Crippen molar-refractivity contribution in [3.8, 4) is 5.75 Å². The molecule has 1 amide bonds. The Morgan fingerprint density at radius 1 is 1.33 bits per heavy atom. The highest BCUT2D eigenvalue weighted by molar-refractivity contribution is 5.95. The van der Waals surface area contributed by atoms with Crippen LogP contribution in [0, 0.1) is 13.8 Å². The monoisotopic (exact) mass is 289 g/mol. The number of anilines is 2. The van der Waals surface area contributed by atoms with Crippen LogP contribution in [0.15, 0.2) is 28.8 Å². The van der Waals surface area contributed by atoms with Gasteiger partial charge >= 0.3 is 0 Å². The smallest absolute Gasteiger partial charge is 0.247 e. The maximum atomic E-state index is 12.1. The summed E-state index contributed by atoms with van der Waals surface area (Å²) < 4.78 is 10.2. The molecule has 0 aliphatic heterocycles. The highest BCUT2D eigenvalue weighted by Gasteiger charge is 2.16. The van der Waals surface area contributed by atoms with Crippen molar-refractivity contribution in [3.63, 3.8) is 0 Å². The summed E-state index contributed by atoms with van der Waals surface area (Å²) in [6, 6.07) is 6.97. The summed E-state index contributed by atoms with van der Waals surface area (Å²) in [5, 5.41) is 9.55. The average Bonchev–Trinajstić information content (AvgIpc) is 2.84. The van der Waals surface area contributed by atoms with E-state index in [2.05, 4.69) is 15.8 Å². The van der Waals surface area contributed by atoms with Crippen molar-refractivity contribution >= 4 is 17.4 Å². The van der Waals surface area contributed by atoms with Crippen LogP contribution in [0.2, 0.25) is 0 Å². The van der Waals surface area contributed by atoms with Crippen molar-refractivity contribution in [3.05, 3.63) is 35.6 Å². The third-order valence-corrected chi connectivity index (χ3v) is 3.00. The van der Waals surface area contributed by atoms with Crippen LogP contribution in [0.25, 0.3) is 0 Å². The Balaban J connectivity index is 2.05. The molecule has 0 saturated carbocycles. The molecule has 6 heteroatoms. The molecule has 112 valence electrons. The highest BCUT2D eigenvalue weighted by atomic mass is 16.5. The molecule has 0 spiro atoms. The van der Waals surface area contributed by atoms with Crippen LogP contribution in [-0.4, -0.2) is 24.2 Å². The van der Waals surface area contributed by atoms with Crippen LogP contribution >= 0.6 is 0 Å². The van der Waals surface area contributed by atoms with E-state index in [1.807, 2.05) is 25.1 Å². The zero-order valence-electron chi connectivity index (χ0n) is 12.6. The number of hydrogen-bond donors (Lipinski definition) is 2. The molecule has 1 aromatic carbocycles. The number of rotatable bonds is 5. The van der Waals surface area contributed by atoms with Gasteiger partial charge in [-0.15, -0.1) is 0 Å². The van der Waals surface area contributed by atoms with Crippen LogP contribution < -0.4 is 15.4 Å². The van der Waals surface area contributed by atoms with E-state index in [1.165, 1.54) is 0 Å². The predicted molar refractivity (Wildman–Crippen MR) is 80.7 cm³/mol.